The number of hydrogen-bond donors (Lipinski definition) is 2. The van der Waals surface area contributed by atoms with Crippen molar-refractivity contribution in [1.29, 1.82) is 0 Å². The zero-order valence-electron chi connectivity index (χ0n) is 12.0. The number of benzene rings is 1. The van der Waals surface area contributed by atoms with Gasteiger partial charge in [-0.05, 0) is 37.2 Å². The fourth-order valence-corrected chi connectivity index (χ4v) is 2.37. The highest BCUT2D eigenvalue weighted by atomic mass is 32.2. The third-order valence-corrected chi connectivity index (χ3v) is 3.78. The van der Waals surface area contributed by atoms with Crippen LogP contribution < -0.4 is 10.6 Å². The van der Waals surface area contributed by atoms with Crippen LogP contribution in [0.25, 0.3) is 0 Å². The van der Waals surface area contributed by atoms with Gasteiger partial charge in [-0.15, -0.1) is 11.8 Å². The predicted octanol–water partition coefficient (Wildman–Crippen LogP) is 2.81. The highest BCUT2D eigenvalue weighted by Crippen LogP contribution is 2.17. The lowest BCUT2D eigenvalue weighted by Gasteiger charge is -2.06. The molecule has 0 saturated heterocycles. The number of thioether (sulfide) groups is 1. The summed E-state index contributed by atoms with van der Waals surface area (Å²) in [7, 11) is 0. The lowest BCUT2D eigenvalue weighted by molar-refractivity contribution is -0.118. The molecule has 1 aromatic rings. The number of carbonyl (C=O) groups excluding carboxylic acids is 1. The number of rotatable bonds is 10. The Labute approximate surface area is 124 Å². The van der Waals surface area contributed by atoms with E-state index in [9.17, 15) is 9.18 Å². The second kappa shape index (κ2) is 10.7. The van der Waals surface area contributed by atoms with E-state index in [1.54, 1.807) is 12.1 Å². The standard InChI is InChI=1S/C15H23FN2OS/c1-2-3-4-9-17-10-11-18-15(19)12-20-14-7-5-13(16)6-8-14/h5-8,17H,2-4,9-12H2,1H3,(H,18,19). The molecule has 0 atom stereocenters. The predicted molar refractivity (Wildman–Crippen MR) is 82.5 cm³/mol. The van der Waals surface area contributed by atoms with Crippen molar-refractivity contribution in [2.24, 2.45) is 0 Å². The van der Waals surface area contributed by atoms with Gasteiger partial charge in [0.15, 0.2) is 0 Å². The van der Waals surface area contributed by atoms with Gasteiger partial charge < -0.3 is 10.6 Å². The van der Waals surface area contributed by atoms with Gasteiger partial charge in [0, 0.05) is 18.0 Å². The van der Waals surface area contributed by atoms with Crippen molar-refractivity contribution < 1.29 is 9.18 Å². The average molecular weight is 298 g/mol. The van der Waals surface area contributed by atoms with E-state index in [4.69, 9.17) is 0 Å². The summed E-state index contributed by atoms with van der Waals surface area (Å²) >= 11 is 1.41. The minimum Gasteiger partial charge on any atom is -0.354 e. The molecular weight excluding hydrogens is 275 g/mol. The van der Waals surface area contributed by atoms with Crippen molar-refractivity contribution in [2.75, 3.05) is 25.4 Å². The normalized spacial score (nSPS) is 10.5. The molecule has 1 rings (SSSR count). The molecule has 2 N–H and O–H groups in total. The molecule has 0 aliphatic heterocycles. The lowest BCUT2D eigenvalue weighted by Crippen LogP contribution is -2.33. The molecule has 5 heteroatoms. The fourth-order valence-electron chi connectivity index (χ4n) is 1.65. The lowest BCUT2D eigenvalue weighted by atomic mass is 10.2. The minimum atomic E-state index is -0.257. The zero-order chi connectivity index (χ0) is 14.6. The Balaban J connectivity index is 2.01. The smallest absolute Gasteiger partial charge is 0.230 e. The average Bonchev–Trinajstić information content (AvgIpc) is 2.46. The molecule has 0 bridgehead atoms. The van der Waals surface area contributed by atoms with Gasteiger partial charge >= 0.3 is 0 Å². The van der Waals surface area contributed by atoms with E-state index in [0.717, 1.165) is 18.0 Å². The molecule has 0 saturated carbocycles. The van der Waals surface area contributed by atoms with Crippen LogP contribution >= 0.6 is 11.8 Å². The molecule has 0 spiro atoms. The number of halogens is 1. The van der Waals surface area contributed by atoms with Gasteiger partial charge in [-0.25, -0.2) is 4.39 Å². The van der Waals surface area contributed by atoms with E-state index in [1.807, 2.05) is 0 Å². The zero-order valence-corrected chi connectivity index (χ0v) is 12.8. The number of amides is 1. The van der Waals surface area contributed by atoms with Crippen molar-refractivity contribution in [2.45, 2.75) is 31.1 Å². The maximum Gasteiger partial charge on any atom is 0.230 e. The first-order valence-corrected chi connectivity index (χ1v) is 8.06. The van der Waals surface area contributed by atoms with Crippen molar-refractivity contribution in [3.63, 3.8) is 0 Å². The maximum atomic E-state index is 12.7. The third-order valence-electron chi connectivity index (χ3n) is 2.76. The summed E-state index contributed by atoms with van der Waals surface area (Å²) in [5.74, 6) is 0.115. The molecule has 0 aliphatic carbocycles. The molecule has 1 aromatic carbocycles. The second-order valence-corrected chi connectivity index (χ2v) is 5.60. The van der Waals surface area contributed by atoms with Gasteiger partial charge in [-0.2, -0.15) is 0 Å². The van der Waals surface area contributed by atoms with Crippen LogP contribution in [0.1, 0.15) is 26.2 Å². The van der Waals surface area contributed by atoms with E-state index >= 15 is 0 Å². The van der Waals surface area contributed by atoms with Crippen molar-refractivity contribution in [3.05, 3.63) is 30.1 Å². The molecule has 0 unspecified atom stereocenters. The van der Waals surface area contributed by atoms with E-state index < -0.39 is 0 Å². The quantitative estimate of drug-likeness (QED) is 0.515. The van der Waals surface area contributed by atoms with E-state index in [0.29, 0.717) is 12.3 Å². The number of carbonyl (C=O) groups is 1. The van der Waals surface area contributed by atoms with Gasteiger partial charge in [-0.1, -0.05) is 19.8 Å². The minimum absolute atomic E-state index is 0.00897. The third kappa shape index (κ3) is 8.17. The molecule has 3 nitrogen and oxygen atoms in total. The van der Waals surface area contributed by atoms with Crippen molar-refractivity contribution in [3.8, 4) is 0 Å². The Kier molecular flexibility index (Phi) is 9.07. The van der Waals surface area contributed by atoms with Gasteiger partial charge in [0.1, 0.15) is 5.82 Å². The summed E-state index contributed by atoms with van der Waals surface area (Å²) in [6.07, 6.45) is 3.65. The van der Waals surface area contributed by atoms with Crippen LogP contribution in [0.15, 0.2) is 29.2 Å². The highest BCUT2D eigenvalue weighted by molar-refractivity contribution is 8.00. The monoisotopic (exact) mass is 298 g/mol. The Hall–Kier alpha value is -1.07. The van der Waals surface area contributed by atoms with Crippen molar-refractivity contribution in [1.82, 2.24) is 10.6 Å². The van der Waals surface area contributed by atoms with Gasteiger partial charge in [0.05, 0.1) is 5.75 Å². The summed E-state index contributed by atoms with van der Waals surface area (Å²) < 4.78 is 12.7. The maximum absolute atomic E-state index is 12.7. The van der Waals surface area contributed by atoms with Crippen molar-refractivity contribution >= 4 is 17.7 Å². The van der Waals surface area contributed by atoms with Crippen LogP contribution in [-0.4, -0.2) is 31.3 Å². The SMILES string of the molecule is CCCCCNCCNC(=O)CSc1ccc(F)cc1. The molecule has 112 valence electrons. The van der Waals surface area contributed by atoms with Gasteiger partial charge in [-0.3, -0.25) is 4.79 Å². The summed E-state index contributed by atoms with van der Waals surface area (Å²) in [6.45, 7) is 4.64. The summed E-state index contributed by atoms with van der Waals surface area (Å²) in [4.78, 5) is 12.5. The Morgan fingerprint density at radius 3 is 2.60 bits per heavy atom. The van der Waals surface area contributed by atoms with Crippen LogP contribution in [0.2, 0.25) is 0 Å². The van der Waals surface area contributed by atoms with Crippen LogP contribution in [0, 0.1) is 5.82 Å². The van der Waals surface area contributed by atoms with Gasteiger partial charge in [0.2, 0.25) is 5.91 Å². The van der Waals surface area contributed by atoms with Crippen LogP contribution in [0.3, 0.4) is 0 Å². The first-order valence-electron chi connectivity index (χ1n) is 7.08. The first-order chi connectivity index (χ1) is 9.72. The highest BCUT2D eigenvalue weighted by Gasteiger charge is 2.02. The molecule has 0 aliphatic rings. The summed E-state index contributed by atoms with van der Waals surface area (Å²) in [5, 5.41) is 6.15. The number of nitrogens with one attached hydrogen (secondary N) is 2. The molecular formula is C15H23FN2OS. The van der Waals surface area contributed by atoms with Crippen LogP contribution in [0.4, 0.5) is 4.39 Å². The Bertz CT molecular complexity index is 384. The molecule has 0 aromatic heterocycles. The molecule has 0 heterocycles. The Morgan fingerprint density at radius 2 is 1.90 bits per heavy atom. The summed E-state index contributed by atoms with van der Waals surface area (Å²) in [6, 6.07) is 6.17. The van der Waals surface area contributed by atoms with Gasteiger partial charge in [0.25, 0.3) is 0 Å². The molecule has 0 fully saturated rings. The molecule has 20 heavy (non-hydrogen) atoms. The second-order valence-electron chi connectivity index (χ2n) is 4.55. The number of unbranched alkanes of at least 4 members (excludes halogenated alkanes) is 2. The fraction of sp³-hybridized carbons (Fsp3) is 0.533. The van der Waals surface area contributed by atoms with Crippen LogP contribution in [-0.2, 0) is 4.79 Å². The van der Waals surface area contributed by atoms with Crippen LogP contribution in [0.5, 0.6) is 0 Å². The topological polar surface area (TPSA) is 41.1 Å². The van der Waals surface area contributed by atoms with E-state index in [-0.39, 0.29) is 11.7 Å². The van der Waals surface area contributed by atoms with E-state index in [2.05, 4.69) is 17.6 Å². The first kappa shape index (κ1) is 17.0. The molecule has 0 radical (unpaired) electrons. The Morgan fingerprint density at radius 1 is 1.15 bits per heavy atom. The van der Waals surface area contributed by atoms with E-state index in [1.165, 1.54) is 43.2 Å². The molecule has 1 amide bonds. The largest absolute Gasteiger partial charge is 0.354 e. The summed E-state index contributed by atoms with van der Waals surface area (Å²) in [5.41, 5.74) is 0. The number of hydrogen-bond acceptors (Lipinski definition) is 3.